The number of benzene rings is 3. The largest absolute Gasteiger partial charge is 0.324 e. The molecule has 0 radical (unpaired) electrons. The Morgan fingerprint density at radius 2 is 1.69 bits per heavy atom. The summed E-state index contributed by atoms with van der Waals surface area (Å²) in [5.41, 5.74) is 5.10. The second-order valence-corrected chi connectivity index (χ2v) is 14.5. The molecule has 234 valence electrons. The fraction of sp³-hybridized carbons (Fsp3) is 0.333. The van der Waals surface area contributed by atoms with Crippen LogP contribution in [-0.2, 0) is 21.9 Å². The first kappa shape index (κ1) is 30.5. The van der Waals surface area contributed by atoms with Gasteiger partial charge in [0, 0.05) is 30.3 Å². The fourth-order valence-electron chi connectivity index (χ4n) is 5.59. The summed E-state index contributed by atoms with van der Waals surface area (Å²) in [6, 6.07) is 22.2. The summed E-state index contributed by atoms with van der Waals surface area (Å²) in [7, 11) is -3.72. The summed E-state index contributed by atoms with van der Waals surface area (Å²) in [4.78, 5) is 13.3. The highest BCUT2D eigenvalue weighted by Gasteiger charge is 2.32. The zero-order valence-corrected chi connectivity index (χ0v) is 26.6. The van der Waals surface area contributed by atoms with E-state index in [1.165, 1.54) is 4.31 Å². The lowest BCUT2D eigenvalue weighted by Gasteiger charge is -2.31. The van der Waals surface area contributed by atoms with Crippen LogP contribution in [0.3, 0.4) is 0 Å². The molecule has 1 aliphatic heterocycles. The maximum atomic E-state index is 13.4. The van der Waals surface area contributed by atoms with Crippen molar-refractivity contribution in [3.05, 3.63) is 89.6 Å². The number of fused-ring (bicyclic) bond motifs is 1. The number of carbonyl (C=O) groups is 1. The fourth-order valence-corrected chi connectivity index (χ4v) is 7.20. The van der Waals surface area contributed by atoms with Crippen LogP contribution in [0.1, 0.15) is 50.4 Å². The van der Waals surface area contributed by atoms with Gasteiger partial charge in [-0.15, -0.1) is 0 Å². The average Bonchev–Trinajstić information content (AvgIpc) is 3.65. The Bertz CT molecular complexity index is 1930. The third-order valence-electron chi connectivity index (χ3n) is 8.15. The topological polar surface area (TPSA) is 135 Å². The minimum Gasteiger partial charge on any atom is -0.308 e. The van der Waals surface area contributed by atoms with Gasteiger partial charge in [-0.1, -0.05) is 56.7 Å². The van der Waals surface area contributed by atoms with Crippen molar-refractivity contribution in [2.24, 2.45) is 5.92 Å². The van der Waals surface area contributed by atoms with E-state index in [1.54, 1.807) is 22.9 Å². The number of aryl methyl sites for hydroxylation is 1. The second kappa shape index (κ2) is 12.1. The molecule has 0 aliphatic carbocycles. The second-order valence-electron chi connectivity index (χ2n) is 12.6. The molecule has 0 unspecified atom stereocenters. The Morgan fingerprint density at radius 1 is 0.956 bits per heavy atom. The van der Waals surface area contributed by atoms with Crippen molar-refractivity contribution in [1.82, 2.24) is 24.4 Å². The number of carbonyl (C=O) groups excluding carboxylic acids is 1. The van der Waals surface area contributed by atoms with Crippen molar-refractivity contribution in [1.29, 1.82) is 0 Å². The number of anilines is 2. The molecule has 0 saturated carbocycles. The van der Waals surface area contributed by atoms with E-state index in [2.05, 4.69) is 41.7 Å². The van der Waals surface area contributed by atoms with Crippen LogP contribution in [0, 0.1) is 12.8 Å². The highest BCUT2D eigenvalue weighted by Crippen LogP contribution is 2.30. The predicted molar refractivity (Wildman–Crippen MR) is 173 cm³/mol. The van der Waals surface area contributed by atoms with Gasteiger partial charge < -0.3 is 5.32 Å². The van der Waals surface area contributed by atoms with Gasteiger partial charge in [-0.05, 0) is 84.4 Å². The number of hydrogen-bond donors (Lipinski definition) is 2. The van der Waals surface area contributed by atoms with E-state index in [-0.39, 0.29) is 21.9 Å². The molecule has 0 atom stereocenters. The van der Waals surface area contributed by atoms with Crippen molar-refractivity contribution < 1.29 is 17.8 Å². The summed E-state index contributed by atoms with van der Waals surface area (Å²) in [6.07, 6.45) is 2.23. The molecule has 5 aromatic rings. The van der Waals surface area contributed by atoms with Crippen LogP contribution in [0.2, 0.25) is 0 Å². The summed E-state index contributed by atoms with van der Waals surface area (Å²) >= 11 is 0. The molecule has 11 nitrogen and oxygen atoms in total. The third-order valence-corrected chi connectivity index (χ3v) is 10.1. The maximum absolute atomic E-state index is 13.4. The molecule has 3 heterocycles. The van der Waals surface area contributed by atoms with E-state index >= 15 is 0 Å². The smallest absolute Gasteiger partial charge is 0.308 e. The van der Waals surface area contributed by atoms with Crippen molar-refractivity contribution in [2.75, 3.05) is 23.7 Å². The molecular weight excluding hydrogens is 590 g/mol. The molecule has 1 saturated heterocycles. The molecule has 2 aromatic heterocycles. The van der Waals surface area contributed by atoms with Gasteiger partial charge in [0.15, 0.2) is 5.52 Å². The zero-order chi connectivity index (χ0) is 31.8. The van der Waals surface area contributed by atoms with E-state index in [4.69, 9.17) is 9.73 Å². The third kappa shape index (κ3) is 6.62. The number of nitrogens with one attached hydrogen (secondary N) is 2. The Balaban J connectivity index is 1.09. The van der Waals surface area contributed by atoms with E-state index in [0.29, 0.717) is 36.0 Å². The minimum atomic E-state index is -3.72. The predicted octanol–water partition coefficient (Wildman–Crippen LogP) is 6.30. The lowest BCUT2D eigenvalue weighted by atomic mass is 9.91. The van der Waals surface area contributed by atoms with E-state index in [1.807, 2.05) is 61.5 Å². The molecule has 0 spiro atoms. The van der Waals surface area contributed by atoms with Gasteiger partial charge in [0.2, 0.25) is 10.0 Å². The Morgan fingerprint density at radius 3 is 2.42 bits per heavy atom. The molecule has 12 heteroatoms. The number of piperidine rings is 1. The van der Waals surface area contributed by atoms with Crippen molar-refractivity contribution in [2.45, 2.75) is 57.3 Å². The van der Waals surface area contributed by atoms with Crippen LogP contribution < -0.4 is 10.6 Å². The first-order valence-corrected chi connectivity index (χ1v) is 16.5. The molecule has 1 aliphatic rings. The number of sulfonamides is 1. The highest BCUT2D eigenvalue weighted by molar-refractivity contribution is 7.89. The molecule has 2 amide bonds. The summed E-state index contributed by atoms with van der Waals surface area (Å²) in [6.45, 7) is 9.12. The van der Waals surface area contributed by atoms with Crippen LogP contribution in [-0.4, -0.2) is 51.9 Å². The lowest BCUT2D eigenvalue weighted by molar-refractivity contribution is 0.262. The van der Waals surface area contributed by atoms with Gasteiger partial charge in [-0.25, -0.2) is 22.5 Å². The van der Waals surface area contributed by atoms with E-state index in [9.17, 15) is 13.2 Å². The van der Waals surface area contributed by atoms with Crippen molar-refractivity contribution in [3.8, 4) is 5.69 Å². The first-order valence-electron chi connectivity index (χ1n) is 15.0. The van der Waals surface area contributed by atoms with Crippen LogP contribution in [0.4, 0.5) is 16.3 Å². The van der Waals surface area contributed by atoms with Crippen molar-refractivity contribution in [3.63, 3.8) is 0 Å². The maximum Gasteiger partial charge on any atom is 0.324 e. The van der Waals surface area contributed by atoms with Gasteiger partial charge >= 0.3 is 6.03 Å². The van der Waals surface area contributed by atoms with Crippen LogP contribution >= 0.6 is 0 Å². The Hall–Kier alpha value is -4.55. The van der Waals surface area contributed by atoms with Gasteiger partial charge in [0.05, 0.1) is 11.4 Å². The number of amides is 2. The van der Waals surface area contributed by atoms with Crippen molar-refractivity contribution >= 4 is 38.6 Å². The van der Waals surface area contributed by atoms with Gasteiger partial charge in [0.1, 0.15) is 16.2 Å². The zero-order valence-electron chi connectivity index (χ0n) is 25.8. The van der Waals surface area contributed by atoms with Crippen LogP contribution in [0.15, 0.2) is 82.3 Å². The van der Waals surface area contributed by atoms with E-state index in [0.717, 1.165) is 41.8 Å². The number of hydrogen-bond acceptors (Lipinski definition) is 7. The van der Waals surface area contributed by atoms with Gasteiger partial charge in [0.25, 0.3) is 0 Å². The van der Waals surface area contributed by atoms with E-state index < -0.39 is 10.0 Å². The molecule has 3 aromatic carbocycles. The number of urea groups is 1. The monoisotopic (exact) mass is 627 g/mol. The van der Waals surface area contributed by atoms with Crippen LogP contribution in [0.25, 0.3) is 16.7 Å². The minimum absolute atomic E-state index is 0.119. The molecular formula is C33H37N7O4S. The Labute approximate surface area is 262 Å². The molecule has 45 heavy (non-hydrogen) atoms. The first-order chi connectivity index (χ1) is 21.5. The Kier molecular flexibility index (Phi) is 8.19. The molecule has 1 fully saturated rings. The highest BCUT2D eigenvalue weighted by atomic mass is 32.2. The average molecular weight is 628 g/mol. The van der Waals surface area contributed by atoms with Gasteiger partial charge in [-0.3, -0.25) is 5.32 Å². The SMILES string of the molecule is Cc1ccc(-n2nc(C(C)(C)C)cc2NC(=O)Nc2cccc(CC3CCN(S(=O)(=O)c4cccc5nonc45)CC3)c2)cc1. The lowest BCUT2D eigenvalue weighted by Crippen LogP contribution is -2.39. The summed E-state index contributed by atoms with van der Waals surface area (Å²) in [5, 5.41) is 18.3. The summed E-state index contributed by atoms with van der Waals surface area (Å²) in [5.74, 6) is 0.889. The quantitative estimate of drug-likeness (QED) is 0.216. The number of rotatable bonds is 7. The number of nitrogens with zero attached hydrogens (tertiary/aromatic N) is 5. The normalized spacial score (nSPS) is 14.9. The standard InChI is InChI=1S/C33H37N7O4S/c1-22-11-13-26(14-12-22)40-30(21-29(36-40)33(2,3)4)35-32(41)34-25-8-5-7-24(20-25)19-23-15-17-39(18-16-23)45(42,43)28-10-6-9-27-31(28)38-44-37-27/h5-14,20-21,23H,15-19H2,1-4H3,(H2,34,35,41). The number of aromatic nitrogens is 4. The van der Waals surface area contributed by atoms with Gasteiger partial charge in [-0.2, -0.15) is 9.40 Å². The summed E-state index contributed by atoms with van der Waals surface area (Å²) < 4.78 is 34.8. The molecule has 2 N–H and O–H groups in total. The molecule has 6 rings (SSSR count). The molecule has 0 bridgehead atoms. The van der Waals surface area contributed by atoms with Crippen LogP contribution in [0.5, 0.6) is 0 Å².